The standard InChI is InChI=1S/C11H11ClN2O2S2/c1-8-3-5-17-10(8)7-14-18(15,16)9-2-4-13-11(12)6-9/h2-6,14H,7H2,1H3. The Morgan fingerprint density at radius 3 is 2.83 bits per heavy atom. The van der Waals surface area contributed by atoms with E-state index in [2.05, 4.69) is 9.71 Å². The number of hydrogen-bond acceptors (Lipinski definition) is 4. The van der Waals surface area contributed by atoms with Gasteiger partial charge >= 0.3 is 0 Å². The van der Waals surface area contributed by atoms with Crippen LogP contribution in [0.1, 0.15) is 10.4 Å². The van der Waals surface area contributed by atoms with E-state index in [4.69, 9.17) is 11.6 Å². The lowest BCUT2D eigenvalue weighted by Gasteiger charge is -2.06. The number of nitrogens with zero attached hydrogens (tertiary/aromatic N) is 1. The molecule has 0 unspecified atom stereocenters. The summed E-state index contributed by atoms with van der Waals surface area (Å²) in [6.07, 6.45) is 1.37. The minimum absolute atomic E-state index is 0.122. The van der Waals surface area contributed by atoms with Gasteiger partial charge in [0.15, 0.2) is 0 Å². The number of nitrogens with one attached hydrogen (secondary N) is 1. The molecule has 0 spiro atoms. The fourth-order valence-corrected chi connectivity index (χ4v) is 3.56. The Labute approximate surface area is 115 Å². The monoisotopic (exact) mass is 302 g/mol. The van der Waals surface area contributed by atoms with E-state index in [1.54, 1.807) is 0 Å². The number of aromatic nitrogens is 1. The van der Waals surface area contributed by atoms with Crippen molar-refractivity contribution in [1.82, 2.24) is 9.71 Å². The molecular weight excluding hydrogens is 292 g/mol. The van der Waals surface area contributed by atoms with Gasteiger partial charge in [0.2, 0.25) is 10.0 Å². The molecule has 2 aromatic heterocycles. The fraction of sp³-hybridized carbons (Fsp3) is 0.182. The predicted octanol–water partition coefficient (Wildman–Crippen LogP) is 2.58. The van der Waals surface area contributed by atoms with Crippen LogP contribution in [0.5, 0.6) is 0 Å². The van der Waals surface area contributed by atoms with Crippen molar-refractivity contribution < 1.29 is 8.42 Å². The van der Waals surface area contributed by atoms with E-state index in [9.17, 15) is 8.42 Å². The van der Waals surface area contributed by atoms with Crippen LogP contribution in [0, 0.1) is 6.92 Å². The molecule has 0 amide bonds. The molecule has 0 saturated carbocycles. The van der Waals surface area contributed by atoms with Gasteiger partial charge in [-0.1, -0.05) is 11.6 Å². The van der Waals surface area contributed by atoms with Crippen molar-refractivity contribution >= 4 is 33.0 Å². The summed E-state index contributed by atoms with van der Waals surface area (Å²) in [5.41, 5.74) is 1.08. The number of sulfonamides is 1. The van der Waals surface area contributed by atoms with Gasteiger partial charge in [-0.25, -0.2) is 18.1 Å². The van der Waals surface area contributed by atoms with Crippen molar-refractivity contribution in [1.29, 1.82) is 0 Å². The smallest absolute Gasteiger partial charge is 0.241 e. The van der Waals surface area contributed by atoms with Gasteiger partial charge in [0.1, 0.15) is 5.15 Å². The molecule has 0 saturated heterocycles. The number of aryl methyl sites for hydroxylation is 1. The molecule has 7 heteroatoms. The van der Waals surface area contributed by atoms with E-state index in [0.29, 0.717) is 0 Å². The molecule has 18 heavy (non-hydrogen) atoms. The van der Waals surface area contributed by atoms with E-state index in [1.165, 1.54) is 29.7 Å². The predicted molar refractivity (Wildman–Crippen MR) is 72.3 cm³/mol. The van der Waals surface area contributed by atoms with Gasteiger partial charge in [-0.2, -0.15) is 0 Å². The van der Waals surface area contributed by atoms with E-state index in [1.807, 2.05) is 18.4 Å². The highest BCUT2D eigenvalue weighted by molar-refractivity contribution is 7.89. The van der Waals surface area contributed by atoms with Crippen molar-refractivity contribution in [3.8, 4) is 0 Å². The van der Waals surface area contributed by atoms with E-state index in [0.717, 1.165) is 10.4 Å². The molecule has 0 atom stereocenters. The summed E-state index contributed by atoms with van der Waals surface area (Å²) < 4.78 is 26.5. The highest BCUT2D eigenvalue weighted by atomic mass is 35.5. The lowest BCUT2D eigenvalue weighted by Crippen LogP contribution is -2.23. The molecule has 2 rings (SSSR count). The second-order valence-electron chi connectivity index (χ2n) is 3.67. The topological polar surface area (TPSA) is 59.1 Å². The Balaban J connectivity index is 2.16. The third-order valence-electron chi connectivity index (χ3n) is 2.40. The lowest BCUT2D eigenvalue weighted by molar-refractivity contribution is 0.581. The van der Waals surface area contributed by atoms with Crippen molar-refractivity contribution in [2.45, 2.75) is 18.4 Å². The molecule has 0 aliphatic heterocycles. The Bertz CT molecular complexity index is 653. The maximum Gasteiger partial charge on any atom is 0.241 e. The highest BCUT2D eigenvalue weighted by Crippen LogP contribution is 2.17. The average molecular weight is 303 g/mol. The van der Waals surface area contributed by atoms with Crippen LogP contribution in [-0.2, 0) is 16.6 Å². The summed E-state index contributed by atoms with van der Waals surface area (Å²) >= 11 is 7.20. The second kappa shape index (κ2) is 5.36. The van der Waals surface area contributed by atoms with Gasteiger partial charge in [-0.3, -0.25) is 0 Å². The SMILES string of the molecule is Cc1ccsc1CNS(=O)(=O)c1ccnc(Cl)c1. The normalized spacial score (nSPS) is 11.7. The Kier molecular flexibility index (Phi) is 4.01. The third kappa shape index (κ3) is 3.08. The minimum Gasteiger partial charge on any atom is -0.244 e. The Hall–Kier alpha value is -0.950. The summed E-state index contributed by atoms with van der Waals surface area (Å²) in [7, 11) is -3.54. The number of thiophene rings is 1. The number of halogens is 1. The largest absolute Gasteiger partial charge is 0.244 e. The van der Waals surface area contributed by atoms with Crippen LogP contribution in [0.2, 0.25) is 5.15 Å². The molecule has 2 aromatic rings. The molecule has 0 fully saturated rings. The molecular formula is C11H11ClN2O2S2. The Morgan fingerprint density at radius 2 is 2.22 bits per heavy atom. The first-order chi connectivity index (χ1) is 8.49. The van der Waals surface area contributed by atoms with Crippen LogP contribution >= 0.6 is 22.9 Å². The van der Waals surface area contributed by atoms with E-state index >= 15 is 0 Å². The summed E-state index contributed by atoms with van der Waals surface area (Å²) in [6, 6.07) is 4.69. The summed E-state index contributed by atoms with van der Waals surface area (Å²) in [5, 5.41) is 2.09. The molecule has 1 N–H and O–H groups in total. The quantitative estimate of drug-likeness (QED) is 0.883. The zero-order valence-corrected chi connectivity index (χ0v) is 11.9. The summed E-state index contributed by atoms with van der Waals surface area (Å²) in [5.74, 6) is 0. The van der Waals surface area contributed by atoms with Crippen LogP contribution in [0.3, 0.4) is 0 Å². The number of pyridine rings is 1. The first-order valence-electron chi connectivity index (χ1n) is 5.13. The first kappa shape index (κ1) is 13.5. The van der Waals surface area contributed by atoms with Gasteiger partial charge in [0.25, 0.3) is 0 Å². The molecule has 2 heterocycles. The van der Waals surface area contributed by atoms with Gasteiger partial charge in [0, 0.05) is 17.6 Å². The van der Waals surface area contributed by atoms with Crippen LogP contribution in [0.4, 0.5) is 0 Å². The third-order valence-corrected chi connectivity index (χ3v) is 5.03. The van der Waals surface area contributed by atoms with E-state index in [-0.39, 0.29) is 16.6 Å². The number of hydrogen-bond donors (Lipinski definition) is 1. The van der Waals surface area contributed by atoms with E-state index < -0.39 is 10.0 Å². The van der Waals surface area contributed by atoms with Crippen LogP contribution < -0.4 is 4.72 Å². The molecule has 0 aliphatic carbocycles. The van der Waals surface area contributed by atoms with Crippen molar-refractivity contribution in [3.05, 3.63) is 45.4 Å². The van der Waals surface area contributed by atoms with Crippen LogP contribution in [0.15, 0.2) is 34.7 Å². The minimum atomic E-state index is -3.54. The molecule has 0 aromatic carbocycles. The maximum atomic E-state index is 12.0. The fourth-order valence-electron chi connectivity index (χ4n) is 1.38. The Morgan fingerprint density at radius 1 is 1.44 bits per heavy atom. The van der Waals surface area contributed by atoms with Gasteiger partial charge < -0.3 is 0 Å². The van der Waals surface area contributed by atoms with Crippen molar-refractivity contribution in [3.63, 3.8) is 0 Å². The molecule has 0 radical (unpaired) electrons. The molecule has 96 valence electrons. The van der Waals surface area contributed by atoms with Crippen LogP contribution in [0.25, 0.3) is 0 Å². The maximum absolute atomic E-state index is 12.0. The lowest BCUT2D eigenvalue weighted by atomic mass is 10.3. The zero-order valence-electron chi connectivity index (χ0n) is 9.55. The van der Waals surface area contributed by atoms with Crippen molar-refractivity contribution in [2.24, 2.45) is 0 Å². The first-order valence-corrected chi connectivity index (χ1v) is 7.87. The molecule has 0 bridgehead atoms. The second-order valence-corrected chi connectivity index (χ2v) is 6.82. The van der Waals surface area contributed by atoms with Gasteiger partial charge in [0.05, 0.1) is 4.90 Å². The number of rotatable bonds is 4. The molecule has 0 aliphatic rings. The average Bonchev–Trinajstić information content (AvgIpc) is 2.72. The zero-order chi connectivity index (χ0) is 13.2. The van der Waals surface area contributed by atoms with Crippen molar-refractivity contribution in [2.75, 3.05) is 0 Å². The van der Waals surface area contributed by atoms with Crippen LogP contribution in [-0.4, -0.2) is 13.4 Å². The highest BCUT2D eigenvalue weighted by Gasteiger charge is 2.15. The molecule has 4 nitrogen and oxygen atoms in total. The summed E-state index contributed by atoms with van der Waals surface area (Å²) in [6.45, 7) is 2.23. The van der Waals surface area contributed by atoms with Gasteiger partial charge in [-0.15, -0.1) is 11.3 Å². The summed E-state index contributed by atoms with van der Waals surface area (Å²) in [4.78, 5) is 4.87. The van der Waals surface area contributed by atoms with Gasteiger partial charge in [-0.05, 0) is 36.1 Å².